The molecule has 0 aliphatic carbocycles. The second-order valence-corrected chi connectivity index (χ2v) is 11.7. The number of furan rings is 1. The van der Waals surface area contributed by atoms with Gasteiger partial charge >= 0.3 is 0 Å². The van der Waals surface area contributed by atoms with Crippen LogP contribution in [0, 0.1) is 0 Å². The SMILES string of the molecule is c1ccc(-c2ccc3c(c2)oc2ccc4c(c23)NC(c2ccc3c(c2)c2ccccc2n3-c2ccccc2)S4)cc1. The molecular weight excluding hydrogens is 520 g/mol. The summed E-state index contributed by atoms with van der Waals surface area (Å²) in [5.41, 5.74) is 10.2. The summed E-state index contributed by atoms with van der Waals surface area (Å²) < 4.78 is 8.74. The van der Waals surface area contributed by atoms with E-state index >= 15 is 0 Å². The van der Waals surface area contributed by atoms with Crippen LogP contribution in [0.25, 0.3) is 60.6 Å². The van der Waals surface area contributed by atoms with Gasteiger partial charge in [0.05, 0.1) is 22.1 Å². The van der Waals surface area contributed by atoms with Gasteiger partial charge in [-0.25, -0.2) is 0 Å². The van der Waals surface area contributed by atoms with Crippen molar-refractivity contribution in [1.29, 1.82) is 0 Å². The Morgan fingerprint density at radius 2 is 1.37 bits per heavy atom. The van der Waals surface area contributed by atoms with E-state index in [2.05, 4.69) is 137 Å². The van der Waals surface area contributed by atoms with Gasteiger partial charge in [0.25, 0.3) is 0 Å². The van der Waals surface area contributed by atoms with E-state index in [0.29, 0.717) is 0 Å². The zero-order valence-electron chi connectivity index (χ0n) is 22.0. The first-order valence-corrected chi connectivity index (χ1v) is 14.8. The molecule has 0 spiro atoms. The number of nitrogens with one attached hydrogen (secondary N) is 1. The van der Waals surface area contributed by atoms with Gasteiger partial charge in [0.15, 0.2) is 0 Å². The largest absolute Gasteiger partial charge is 0.456 e. The lowest BCUT2D eigenvalue weighted by molar-refractivity contribution is 0.669. The fourth-order valence-corrected chi connectivity index (χ4v) is 7.49. The molecule has 0 amide bonds. The van der Waals surface area contributed by atoms with Crippen molar-refractivity contribution in [2.45, 2.75) is 10.3 Å². The number of aromatic nitrogens is 1. The lowest BCUT2D eigenvalue weighted by atomic mass is 10.0. The summed E-state index contributed by atoms with van der Waals surface area (Å²) in [6.07, 6.45) is 0. The monoisotopic (exact) mass is 544 g/mol. The number of para-hydroxylation sites is 2. The van der Waals surface area contributed by atoms with Crippen LogP contribution in [-0.2, 0) is 0 Å². The lowest BCUT2D eigenvalue weighted by Gasteiger charge is -2.12. The zero-order chi connectivity index (χ0) is 26.9. The van der Waals surface area contributed by atoms with Gasteiger partial charge in [0.1, 0.15) is 16.5 Å². The number of benzene rings is 6. The first-order valence-electron chi connectivity index (χ1n) is 13.9. The van der Waals surface area contributed by atoms with Gasteiger partial charge in [-0.1, -0.05) is 90.6 Å². The molecule has 1 atom stereocenters. The number of hydrogen-bond acceptors (Lipinski definition) is 3. The molecule has 0 saturated heterocycles. The van der Waals surface area contributed by atoms with E-state index in [9.17, 15) is 0 Å². The Bertz CT molecular complexity index is 2260. The predicted octanol–water partition coefficient (Wildman–Crippen LogP) is 10.6. The normalized spacial score (nSPS) is 14.7. The predicted molar refractivity (Wildman–Crippen MR) is 172 cm³/mol. The number of thioether (sulfide) groups is 1. The minimum absolute atomic E-state index is 0.118. The van der Waals surface area contributed by atoms with Gasteiger partial charge in [0.2, 0.25) is 0 Å². The van der Waals surface area contributed by atoms with E-state index in [0.717, 1.165) is 33.2 Å². The standard InChI is InChI=1S/C37H24N2OS/c1-3-9-23(10-4-1)24-15-17-28-33(22-24)40-32-19-20-34-36(35(28)32)38-37(41-34)25-16-18-31-29(21-25)27-13-7-8-14-30(27)39(31)26-11-5-2-6-12-26/h1-22,37-38H. The molecule has 3 heterocycles. The minimum Gasteiger partial charge on any atom is -0.456 e. The van der Waals surface area contributed by atoms with Gasteiger partial charge in [-0.15, -0.1) is 0 Å². The van der Waals surface area contributed by atoms with E-state index in [4.69, 9.17) is 4.42 Å². The third kappa shape index (κ3) is 3.47. The summed E-state index contributed by atoms with van der Waals surface area (Å²) in [7, 11) is 0. The summed E-state index contributed by atoms with van der Waals surface area (Å²) >= 11 is 1.87. The molecule has 0 fully saturated rings. The molecule has 1 aliphatic rings. The first-order chi connectivity index (χ1) is 20.3. The van der Waals surface area contributed by atoms with Crippen molar-refractivity contribution < 1.29 is 4.42 Å². The van der Waals surface area contributed by atoms with E-state index in [1.165, 1.54) is 43.5 Å². The molecule has 3 nitrogen and oxygen atoms in total. The van der Waals surface area contributed by atoms with Crippen LogP contribution >= 0.6 is 11.8 Å². The Morgan fingerprint density at radius 1 is 0.585 bits per heavy atom. The first kappa shape index (κ1) is 22.8. The molecule has 9 rings (SSSR count). The van der Waals surface area contributed by atoms with Gasteiger partial charge in [-0.2, -0.15) is 0 Å². The third-order valence-corrected chi connectivity index (χ3v) is 9.46. The molecule has 4 heteroatoms. The Morgan fingerprint density at radius 3 is 2.24 bits per heavy atom. The molecule has 1 unspecified atom stereocenters. The summed E-state index contributed by atoms with van der Waals surface area (Å²) in [5.74, 6) is 0. The van der Waals surface area contributed by atoms with Crippen molar-refractivity contribution in [3.63, 3.8) is 0 Å². The molecule has 0 saturated carbocycles. The second-order valence-electron chi connectivity index (χ2n) is 10.6. The Hall–Kier alpha value is -4.93. The maximum Gasteiger partial charge on any atom is 0.137 e. The van der Waals surface area contributed by atoms with Crippen LogP contribution in [0.5, 0.6) is 0 Å². The molecule has 1 aliphatic heterocycles. The highest BCUT2D eigenvalue weighted by atomic mass is 32.2. The average Bonchev–Trinajstić information content (AvgIpc) is 3.72. The van der Waals surface area contributed by atoms with Crippen molar-refractivity contribution in [1.82, 2.24) is 4.57 Å². The molecule has 8 aromatic rings. The molecule has 41 heavy (non-hydrogen) atoms. The van der Waals surface area contributed by atoms with Crippen LogP contribution < -0.4 is 5.32 Å². The average molecular weight is 545 g/mol. The number of anilines is 1. The van der Waals surface area contributed by atoms with Crippen molar-refractivity contribution in [2.75, 3.05) is 5.32 Å². The Balaban J connectivity index is 1.14. The highest BCUT2D eigenvalue weighted by Crippen LogP contribution is 2.52. The Kier molecular flexibility index (Phi) is 4.89. The summed E-state index contributed by atoms with van der Waals surface area (Å²) in [6.45, 7) is 0. The van der Waals surface area contributed by atoms with Gasteiger partial charge in [-0.3, -0.25) is 0 Å². The van der Waals surface area contributed by atoms with Crippen molar-refractivity contribution in [3.05, 3.63) is 139 Å². The van der Waals surface area contributed by atoms with Crippen molar-refractivity contribution >= 4 is 61.2 Å². The maximum absolute atomic E-state index is 6.38. The summed E-state index contributed by atoms with van der Waals surface area (Å²) in [4.78, 5) is 1.25. The molecule has 6 aromatic carbocycles. The molecule has 1 N–H and O–H groups in total. The van der Waals surface area contributed by atoms with E-state index < -0.39 is 0 Å². The topological polar surface area (TPSA) is 30.1 Å². The number of rotatable bonds is 3. The van der Waals surface area contributed by atoms with Crippen molar-refractivity contribution in [3.8, 4) is 16.8 Å². The number of fused-ring (bicyclic) bond motifs is 8. The highest BCUT2D eigenvalue weighted by Gasteiger charge is 2.27. The van der Waals surface area contributed by atoms with Crippen LogP contribution in [0.15, 0.2) is 143 Å². The van der Waals surface area contributed by atoms with Gasteiger partial charge in [-0.05, 0) is 71.3 Å². The lowest BCUT2D eigenvalue weighted by Crippen LogP contribution is -2.01. The van der Waals surface area contributed by atoms with Crippen LogP contribution in [0.4, 0.5) is 5.69 Å². The molecular formula is C37H24N2OS. The molecule has 0 radical (unpaired) electrons. The maximum atomic E-state index is 6.38. The number of nitrogens with zero attached hydrogens (tertiary/aromatic N) is 1. The van der Waals surface area contributed by atoms with Crippen LogP contribution in [0.2, 0.25) is 0 Å². The third-order valence-electron chi connectivity index (χ3n) is 8.24. The van der Waals surface area contributed by atoms with E-state index in [1.54, 1.807) is 0 Å². The second kappa shape index (κ2) is 8.79. The quantitative estimate of drug-likeness (QED) is 0.240. The van der Waals surface area contributed by atoms with Crippen molar-refractivity contribution in [2.24, 2.45) is 0 Å². The molecule has 194 valence electrons. The fourth-order valence-electron chi connectivity index (χ4n) is 6.35. The highest BCUT2D eigenvalue weighted by molar-refractivity contribution is 8.00. The van der Waals surface area contributed by atoms with Crippen LogP contribution in [0.3, 0.4) is 0 Å². The summed E-state index contributed by atoms with van der Waals surface area (Å²) in [6, 6.07) is 47.6. The Labute approximate surface area is 241 Å². The van der Waals surface area contributed by atoms with Crippen LogP contribution in [0.1, 0.15) is 10.9 Å². The summed E-state index contributed by atoms with van der Waals surface area (Å²) in [5, 5.41) is 8.83. The fraction of sp³-hybridized carbons (Fsp3) is 0.0270. The van der Waals surface area contributed by atoms with Gasteiger partial charge in [0, 0.05) is 26.7 Å². The molecule has 2 aromatic heterocycles. The van der Waals surface area contributed by atoms with Gasteiger partial charge < -0.3 is 14.3 Å². The molecule has 0 bridgehead atoms. The van der Waals surface area contributed by atoms with Crippen LogP contribution in [-0.4, -0.2) is 4.57 Å². The minimum atomic E-state index is 0.118. The number of hydrogen-bond donors (Lipinski definition) is 1. The smallest absolute Gasteiger partial charge is 0.137 e. The zero-order valence-corrected chi connectivity index (χ0v) is 22.9. The van der Waals surface area contributed by atoms with E-state index in [-0.39, 0.29) is 5.37 Å². The van der Waals surface area contributed by atoms with E-state index in [1.807, 2.05) is 17.8 Å².